The van der Waals surface area contributed by atoms with Gasteiger partial charge in [0, 0.05) is 18.0 Å². The van der Waals surface area contributed by atoms with Crippen molar-refractivity contribution in [2.24, 2.45) is 0 Å². The molecule has 0 aliphatic heterocycles. The van der Waals surface area contributed by atoms with Crippen molar-refractivity contribution in [1.82, 2.24) is 4.98 Å². The van der Waals surface area contributed by atoms with E-state index in [1.807, 2.05) is 13.0 Å². The third-order valence-electron chi connectivity index (χ3n) is 2.77. The number of nitrogens with zero attached hydrogens (tertiary/aromatic N) is 1. The first-order valence-electron chi connectivity index (χ1n) is 6.11. The number of rotatable bonds is 4. The molecule has 1 heterocycles. The SMILES string of the molecule is COc1ccc(C(=O)OCc2cncc(C)c2)cc1N. The van der Waals surface area contributed by atoms with Gasteiger partial charge in [0.25, 0.3) is 0 Å². The van der Waals surface area contributed by atoms with E-state index < -0.39 is 5.97 Å². The van der Waals surface area contributed by atoms with E-state index in [2.05, 4.69) is 4.98 Å². The Hall–Kier alpha value is -2.56. The Bertz CT molecular complexity index is 626. The number of esters is 1. The van der Waals surface area contributed by atoms with Crippen LogP contribution in [0, 0.1) is 6.92 Å². The van der Waals surface area contributed by atoms with Gasteiger partial charge in [-0.1, -0.05) is 0 Å². The summed E-state index contributed by atoms with van der Waals surface area (Å²) in [6.45, 7) is 2.11. The lowest BCUT2D eigenvalue weighted by molar-refractivity contribution is 0.0472. The molecule has 2 N–H and O–H groups in total. The van der Waals surface area contributed by atoms with Crippen LogP contribution in [0.1, 0.15) is 21.5 Å². The fourth-order valence-electron chi connectivity index (χ4n) is 1.79. The van der Waals surface area contributed by atoms with Crippen LogP contribution in [0.25, 0.3) is 0 Å². The molecule has 2 aromatic rings. The molecule has 0 fully saturated rings. The van der Waals surface area contributed by atoms with Crippen LogP contribution >= 0.6 is 0 Å². The number of hydrogen-bond acceptors (Lipinski definition) is 5. The molecule has 0 bridgehead atoms. The first-order chi connectivity index (χ1) is 9.60. The maximum atomic E-state index is 11.9. The zero-order chi connectivity index (χ0) is 14.5. The van der Waals surface area contributed by atoms with Crippen LogP contribution in [-0.2, 0) is 11.3 Å². The molecule has 1 aromatic carbocycles. The number of ether oxygens (including phenoxy) is 2. The summed E-state index contributed by atoms with van der Waals surface area (Å²) in [7, 11) is 1.52. The van der Waals surface area contributed by atoms with E-state index in [-0.39, 0.29) is 6.61 Å². The minimum absolute atomic E-state index is 0.180. The fourth-order valence-corrected chi connectivity index (χ4v) is 1.79. The number of methoxy groups -OCH3 is 1. The van der Waals surface area contributed by atoms with E-state index in [0.717, 1.165) is 11.1 Å². The molecule has 0 atom stereocenters. The predicted molar refractivity (Wildman–Crippen MR) is 75.5 cm³/mol. The van der Waals surface area contributed by atoms with Crippen molar-refractivity contribution < 1.29 is 14.3 Å². The second-order valence-corrected chi connectivity index (χ2v) is 4.40. The molecular weight excluding hydrogens is 256 g/mol. The molecule has 20 heavy (non-hydrogen) atoms. The van der Waals surface area contributed by atoms with Crippen LogP contribution in [0.4, 0.5) is 5.69 Å². The Labute approximate surface area is 117 Å². The fraction of sp³-hybridized carbons (Fsp3) is 0.200. The zero-order valence-corrected chi connectivity index (χ0v) is 11.4. The number of hydrogen-bond donors (Lipinski definition) is 1. The summed E-state index contributed by atoms with van der Waals surface area (Å²) in [5, 5.41) is 0. The average molecular weight is 272 g/mol. The number of carbonyl (C=O) groups excluding carboxylic acids is 1. The predicted octanol–water partition coefficient (Wildman–Crippen LogP) is 2.34. The number of aromatic nitrogens is 1. The van der Waals surface area contributed by atoms with Crippen molar-refractivity contribution >= 4 is 11.7 Å². The molecule has 5 heteroatoms. The lowest BCUT2D eigenvalue weighted by Crippen LogP contribution is -2.06. The van der Waals surface area contributed by atoms with Gasteiger partial charge in [0.1, 0.15) is 12.4 Å². The number of benzene rings is 1. The monoisotopic (exact) mass is 272 g/mol. The highest BCUT2D eigenvalue weighted by Gasteiger charge is 2.10. The van der Waals surface area contributed by atoms with Gasteiger partial charge in [0.2, 0.25) is 0 Å². The van der Waals surface area contributed by atoms with Gasteiger partial charge >= 0.3 is 5.97 Å². The molecule has 1 aromatic heterocycles. The van der Waals surface area contributed by atoms with Crippen LogP contribution in [-0.4, -0.2) is 18.1 Å². The van der Waals surface area contributed by atoms with Crippen molar-refractivity contribution in [3.05, 3.63) is 53.3 Å². The van der Waals surface area contributed by atoms with Crippen molar-refractivity contribution in [1.29, 1.82) is 0 Å². The highest BCUT2D eigenvalue weighted by Crippen LogP contribution is 2.22. The Morgan fingerprint density at radius 3 is 2.75 bits per heavy atom. The third kappa shape index (κ3) is 3.26. The van der Waals surface area contributed by atoms with Crippen LogP contribution < -0.4 is 10.5 Å². The summed E-state index contributed by atoms with van der Waals surface area (Å²) >= 11 is 0. The molecule has 2 rings (SSSR count). The van der Waals surface area contributed by atoms with E-state index in [1.54, 1.807) is 24.5 Å². The van der Waals surface area contributed by atoms with Crippen molar-refractivity contribution in [2.75, 3.05) is 12.8 Å². The van der Waals surface area contributed by atoms with Gasteiger partial charge in [0.05, 0.1) is 18.4 Å². The normalized spacial score (nSPS) is 10.1. The highest BCUT2D eigenvalue weighted by atomic mass is 16.5. The van der Waals surface area contributed by atoms with Crippen LogP contribution in [0.15, 0.2) is 36.7 Å². The highest BCUT2D eigenvalue weighted by molar-refractivity contribution is 5.91. The number of pyridine rings is 1. The molecule has 0 spiro atoms. The third-order valence-corrected chi connectivity index (χ3v) is 2.77. The molecular formula is C15H16N2O3. The topological polar surface area (TPSA) is 74.4 Å². The molecule has 0 aliphatic rings. The minimum atomic E-state index is -0.430. The number of nitrogen functional groups attached to an aromatic ring is 1. The molecule has 0 aliphatic carbocycles. The van der Waals surface area contributed by atoms with Crippen molar-refractivity contribution in [3.8, 4) is 5.75 Å². The first kappa shape index (κ1) is 13.9. The lowest BCUT2D eigenvalue weighted by atomic mass is 10.2. The number of nitrogens with two attached hydrogens (primary N) is 1. The second kappa shape index (κ2) is 6.06. The van der Waals surface area contributed by atoms with Crippen LogP contribution in [0.2, 0.25) is 0 Å². The van der Waals surface area contributed by atoms with Gasteiger partial charge in [-0.15, -0.1) is 0 Å². The Balaban J connectivity index is 2.03. The molecule has 0 saturated carbocycles. The summed E-state index contributed by atoms with van der Waals surface area (Å²) in [6.07, 6.45) is 3.41. The summed E-state index contributed by atoms with van der Waals surface area (Å²) < 4.78 is 10.3. The molecule has 104 valence electrons. The molecule has 0 amide bonds. The summed E-state index contributed by atoms with van der Waals surface area (Å²) in [4.78, 5) is 16.0. The van der Waals surface area contributed by atoms with Gasteiger partial charge < -0.3 is 15.2 Å². The Morgan fingerprint density at radius 1 is 1.30 bits per heavy atom. The number of anilines is 1. The maximum Gasteiger partial charge on any atom is 0.338 e. The first-order valence-corrected chi connectivity index (χ1v) is 6.11. The van der Waals surface area contributed by atoms with Crippen LogP contribution in [0.5, 0.6) is 5.75 Å². The van der Waals surface area contributed by atoms with E-state index in [1.165, 1.54) is 13.2 Å². The Morgan fingerprint density at radius 2 is 2.10 bits per heavy atom. The van der Waals surface area contributed by atoms with Gasteiger partial charge in [-0.25, -0.2) is 4.79 Å². The number of aryl methyl sites for hydroxylation is 1. The van der Waals surface area contributed by atoms with Gasteiger partial charge in [-0.3, -0.25) is 4.98 Å². The summed E-state index contributed by atoms with van der Waals surface area (Å²) in [5.41, 5.74) is 8.42. The van der Waals surface area contributed by atoms with E-state index in [0.29, 0.717) is 17.0 Å². The van der Waals surface area contributed by atoms with Crippen molar-refractivity contribution in [2.45, 2.75) is 13.5 Å². The molecule has 0 saturated heterocycles. The standard InChI is InChI=1S/C15H16N2O3/c1-10-5-11(8-17-7-10)9-20-15(18)12-3-4-14(19-2)13(16)6-12/h3-8H,9,16H2,1-2H3. The Kier molecular flexibility index (Phi) is 4.20. The van der Waals surface area contributed by atoms with Gasteiger partial charge in [-0.2, -0.15) is 0 Å². The molecule has 5 nitrogen and oxygen atoms in total. The second-order valence-electron chi connectivity index (χ2n) is 4.40. The van der Waals surface area contributed by atoms with Gasteiger partial charge in [-0.05, 0) is 36.8 Å². The van der Waals surface area contributed by atoms with Gasteiger partial charge in [0.15, 0.2) is 0 Å². The lowest BCUT2D eigenvalue weighted by Gasteiger charge is -2.08. The zero-order valence-electron chi connectivity index (χ0n) is 11.4. The quantitative estimate of drug-likeness (QED) is 0.683. The minimum Gasteiger partial charge on any atom is -0.495 e. The smallest absolute Gasteiger partial charge is 0.338 e. The van der Waals surface area contributed by atoms with E-state index in [4.69, 9.17) is 15.2 Å². The van der Waals surface area contributed by atoms with E-state index >= 15 is 0 Å². The average Bonchev–Trinajstić information content (AvgIpc) is 2.44. The maximum absolute atomic E-state index is 11.9. The molecule has 0 unspecified atom stereocenters. The number of carbonyl (C=O) groups is 1. The summed E-state index contributed by atoms with van der Waals surface area (Å²) in [6, 6.07) is 6.71. The van der Waals surface area contributed by atoms with E-state index in [9.17, 15) is 4.79 Å². The summed E-state index contributed by atoms with van der Waals surface area (Å²) in [5.74, 6) is 0.102. The largest absolute Gasteiger partial charge is 0.495 e. The molecule has 0 radical (unpaired) electrons. The van der Waals surface area contributed by atoms with Crippen LogP contribution in [0.3, 0.4) is 0 Å². The van der Waals surface area contributed by atoms with Crippen molar-refractivity contribution in [3.63, 3.8) is 0 Å².